The largest absolute Gasteiger partial charge is 0.368 e. The lowest BCUT2D eigenvalue weighted by atomic mass is 9.96. The first-order chi connectivity index (χ1) is 8.72. The second kappa shape index (κ2) is 6.53. The maximum atomic E-state index is 11.2. The van der Waals surface area contributed by atoms with Gasteiger partial charge in [0.25, 0.3) is 0 Å². The zero-order chi connectivity index (χ0) is 13.0. The van der Waals surface area contributed by atoms with E-state index in [9.17, 15) is 4.79 Å². The molecule has 4 nitrogen and oxygen atoms in total. The Morgan fingerprint density at radius 2 is 2.06 bits per heavy atom. The van der Waals surface area contributed by atoms with Crippen LogP contribution in [0.4, 0.5) is 0 Å². The summed E-state index contributed by atoms with van der Waals surface area (Å²) in [7, 11) is 1.81. The zero-order valence-electron chi connectivity index (χ0n) is 11.5. The molecule has 18 heavy (non-hydrogen) atoms. The van der Waals surface area contributed by atoms with Crippen molar-refractivity contribution in [1.29, 1.82) is 0 Å². The molecule has 1 saturated heterocycles. The van der Waals surface area contributed by atoms with Crippen LogP contribution in [0.25, 0.3) is 0 Å². The number of hydrogen-bond acceptors (Lipinski definition) is 3. The van der Waals surface area contributed by atoms with Gasteiger partial charge < -0.3 is 16.0 Å². The van der Waals surface area contributed by atoms with Gasteiger partial charge in [-0.2, -0.15) is 0 Å². The van der Waals surface area contributed by atoms with Crippen molar-refractivity contribution in [3.63, 3.8) is 0 Å². The average Bonchev–Trinajstić information content (AvgIpc) is 2.99. The molecule has 2 rings (SSSR count). The third-order valence-electron chi connectivity index (χ3n) is 4.76. The van der Waals surface area contributed by atoms with Crippen LogP contribution in [0.5, 0.6) is 0 Å². The molecule has 2 fully saturated rings. The molecule has 0 aromatic rings. The number of nitrogens with one attached hydrogen (secondary N) is 1. The number of primary amides is 1. The van der Waals surface area contributed by atoms with Crippen LogP contribution in [-0.4, -0.2) is 43.0 Å². The quantitative estimate of drug-likeness (QED) is 0.745. The van der Waals surface area contributed by atoms with Gasteiger partial charge in [0, 0.05) is 12.6 Å². The van der Waals surface area contributed by atoms with Gasteiger partial charge in [-0.3, -0.25) is 4.79 Å². The molecule has 1 aliphatic carbocycles. The van der Waals surface area contributed by atoms with Gasteiger partial charge in [0.05, 0.1) is 6.04 Å². The lowest BCUT2D eigenvalue weighted by Gasteiger charge is -2.30. The van der Waals surface area contributed by atoms with Crippen molar-refractivity contribution in [2.24, 2.45) is 11.7 Å². The topological polar surface area (TPSA) is 58.4 Å². The van der Waals surface area contributed by atoms with Crippen molar-refractivity contribution in [3.8, 4) is 0 Å². The molecule has 0 bridgehead atoms. The van der Waals surface area contributed by atoms with Gasteiger partial charge in [0.2, 0.25) is 5.91 Å². The van der Waals surface area contributed by atoms with E-state index in [1.807, 2.05) is 7.05 Å². The number of nitrogens with two attached hydrogens (primary N) is 1. The van der Waals surface area contributed by atoms with E-state index in [0.717, 1.165) is 24.9 Å². The first-order valence-corrected chi connectivity index (χ1v) is 7.43. The number of hydrogen-bond donors (Lipinski definition) is 2. The lowest BCUT2D eigenvalue weighted by Crippen LogP contribution is -2.43. The summed E-state index contributed by atoms with van der Waals surface area (Å²) in [5.74, 6) is 0.684. The van der Waals surface area contributed by atoms with E-state index in [2.05, 4.69) is 10.2 Å². The van der Waals surface area contributed by atoms with Gasteiger partial charge >= 0.3 is 0 Å². The highest BCUT2D eigenvalue weighted by atomic mass is 16.1. The standard InChI is InChI=1S/C14H27N3O/c1-16-12(14(15)18)8-10-17-9-4-7-13(17)11-5-2-3-6-11/h11-13,16H,2-10H2,1H3,(H2,15,18). The molecular formula is C14H27N3O. The first kappa shape index (κ1) is 13.8. The number of carbonyl (C=O) groups is 1. The molecule has 0 spiro atoms. The fourth-order valence-electron chi connectivity index (χ4n) is 3.73. The Morgan fingerprint density at radius 3 is 2.67 bits per heavy atom. The molecule has 0 aromatic carbocycles. The third kappa shape index (κ3) is 3.23. The van der Waals surface area contributed by atoms with E-state index in [0.29, 0.717) is 0 Å². The lowest BCUT2D eigenvalue weighted by molar-refractivity contribution is -0.120. The van der Waals surface area contributed by atoms with E-state index in [1.165, 1.54) is 45.1 Å². The van der Waals surface area contributed by atoms with Crippen molar-refractivity contribution in [2.75, 3.05) is 20.1 Å². The number of likely N-dealkylation sites (N-methyl/N-ethyl adjacent to an activating group) is 1. The van der Waals surface area contributed by atoms with E-state index in [-0.39, 0.29) is 11.9 Å². The van der Waals surface area contributed by atoms with Gasteiger partial charge in [-0.05, 0) is 51.6 Å². The minimum Gasteiger partial charge on any atom is -0.368 e. The summed E-state index contributed by atoms with van der Waals surface area (Å²) >= 11 is 0. The number of likely N-dealkylation sites (tertiary alicyclic amines) is 1. The summed E-state index contributed by atoms with van der Waals surface area (Å²) in [6.07, 6.45) is 9.16. The highest BCUT2D eigenvalue weighted by molar-refractivity contribution is 5.79. The van der Waals surface area contributed by atoms with Crippen LogP contribution in [0.2, 0.25) is 0 Å². The second-order valence-corrected chi connectivity index (χ2v) is 5.82. The summed E-state index contributed by atoms with van der Waals surface area (Å²) < 4.78 is 0. The van der Waals surface area contributed by atoms with Crippen LogP contribution in [0.15, 0.2) is 0 Å². The highest BCUT2D eigenvalue weighted by Gasteiger charge is 2.33. The molecule has 104 valence electrons. The van der Waals surface area contributed by atoms with Crippen molar-refractivity contribution in [3.05, 3.63) is 0 Å². The molecule has 2 unspecified atom stereocenters. The van der Waals surface area contributed by atoms with Crippen LogP contribution in [0.3, 0.4) is 0 Å². The van der Waals surface area contributed by atoms with Crippen molar-refractivity contribution in [2.45, 2.75) is 57.0 Å². The van der Waals surface area contributed by atoms with Crippen LogP contribution in [0, 0.1) is 5.92 Å². The molecule has 1 heterocycles. The van der Waals surface area contributed by atoms with Gasteiger partial charge in [-0.1, -0.05) is 12.8 Å². The molecule has 1 aliphatic heterocycles. The van der Waals surface area contributed by atoms with Gasteiger partial charge in [-0.25, -0.2) is 0 Å². The summed E-state index contributed by atoms with van der Waals surface area (Å²) in [4.78, 5) is 13.8. The smallest absolute Gasteiger partial charge is 0.234 e. The predicted molar refractivity (Wildman–Crippen MR) is 73.2 cm³/mol. The predicted octanol–water partition coefficient (Wildman–Crippen LogP) is 1.10. The monoisotopic (exact) mass is 253 g/mol. The Morgan fingerprint density at radius 1 is 1.33 bits per heavy atom. The van der Waals surface area contributed by atoms with Gasteiger partial charge in [-0.15, -0.1) is 0 Å². The first-order valence-electron chi connectivity index (χ1n) is 7.43. The average molecular weight is 253 g/mol. The molecule has 0 aromatic heterocycles. The second-order valence-electron chi connectivity index (χ2n) is 5.82. The molecule has 3 N–H and O–H groups in total. The number of nitrogens with zero attached hydrogens (tertiary/aromatic N) is 1. The van der Waals surface area contributed by atoms with E-state index in [1.54, 1.807) is 0 Å². The van der Waals surface area contributed by atoms with Gasteiger partial charge in [0.1, 0.15) is 0 Å². The highest BCUT2D eigenvalue weighted by Crippen LogP contribution is 2.35. The van der Waals surface area contributed by atoms with Crippen LogP contribution < -0.4 is 11.1 Å². The van der Waals surface area contributed by atoms with E-state index >= 15 is 0 Å². The van der Waals surface area contributed by atoms with Crippen LogP contribution >= 0.6 is 0 Å². The Balaban J connectivity index is 1.82. The number of amides is 1. The maximum absolute atomic E-state index is 11.2. The SMILES string of the molecule is CNC(CCN1CCCC1C1CCCC1)C(N)=O. The Labute approximate surface area is 110 Å². The van der Waals surface area contributed by atoms with Gasteiger partial charge in [0.15, 0.2) is 0 Å². The third-order valence-corrected chi connectivity index (χ3v) is 4.76. The fourth-order valence-corrected chi connectivity index (χ4v) is 3.73. The Hall–Kier alpha value is -0.610. The molecule has 0 radical (unpaired) electrons. The Kier molecular flexibility index (Phi) is 5.01. The van der Waals surface area contributed by atoms with Crippen molar-refractivity contribution < 1.29 is 4.79 Å². The maximum Gasteiger partial charge on any atom is 0.234 e. The number of carbonyl (C=O) groups excluding carboxylic acids is 1. The normalized spacial score (nSPS) is 27.7. The minimum absolute atomic E-state index is 0.171. The number of rotatable bonds is 6. The molecule has 2 aliphatic rings. The van der Waals surface area contributed by atoms with E-state index in [4.69, 9.17) is 5.73 Å². The zero-order valence-corrected chi connectivity index (χ0v) is 11.5. The molecule has 1 amide bonds. The molecule has 4 heteroatoms. The molecule has 2 atom stereocenters. The van der Waals surface area contributed by atoms with Crippen molar-refractivity contribution >= 4 is 5.91 Å². The Bertz CT molecular complexity index is 276. The van der Waals surface area contributed by atoms with E-state index < -0.39 is 0 Å². The summed E-state index contributed by atoms with van der Waals surface area (Å²) in [6, 6.07) is 0.604. The van der Waals surface area contributed by atoms with Crippen LogP contribution in [-0.2, 0) is 4.79 Å². The summed E-state index contributed by atoms with van der Waals surface area (Å²) in [6.45, 7) is 2.21. The molecular weight excluding hydrogens is 226 g/mol. The summed E-state index contributed by atoms with van der Waals surface area (Å²) in [5, 5.41) is 3.01. The minimum atomic E-state index is -0.228. The van der Waals surface area contributed by atoms with Crippen molar-refractivity contribution in [1.82, 2.24) is 10.2 Å². The fraction of sp³-hybridized carbons (Fsp3) is 0.929. The van der Waals surface area contributed by atoms with Crippen LogP contribution in [0.1, 0.15) is 44.9 Å². The molecule has 1 saturated carbocycles. The summed E-state index contributed by atoms with van der Waals surface area (Å²) in [5.41, 5.74) is 5.37.